The fourth-order valence-electron chi connectivity index (χ4n) is 1.30. The van der Waals surface area contributed by atoms with Gasteiger partial charge in [-0.25, -0.2) is 4.39 Å². The van der Waals surface area contributed by atoms with Gasteiger partial charge in [-0.2, -0.15) is 0 Å². The molecule has 0 saturated carbocycles. The summed E-state index contributed by atoms with van der Waals surface area (Å²) in [6.45, 7) is 1.30. The van der Waals surface area contributed by atoms with E-state index in [4.69, 9.17) is 4.84 Å². The first-order valence-electron chi connectivity index (χ1n) is 4.99. The van der Waals surface area contributed by atoms with E-state index in [9.17, 15) is 4.39 Å². The maximum Gasteiger partial charge on any atom is 0.145 e. The second-order valence-electron chi connectivity index (χ2n) is 3.37. The van der Waals surface area contributed by atoms with E-state index < -0.39 is 0 Å². The molecule has 84 valence electrons. The summed E-state index contributed by atoms with van der Waals surface area (Å²) < 4.78 is 13.2. The van der Waals surface area contributed by atoms with Crippen molar-refractivity contribution >= 4 is 12.1 Å². The van der Waals surface area contributed by atoms with Crippen molar-refractivity contribution in [1.82, 2.24) is 5.32 Å². The molecule has 1 N–H and O–H groups in total. The minimum Gasteiger partial charge on any atom is -0.391 e. The van der Waals surface area contributed by atoms with E-state index in [-0.39, 0.29) is 12.4 Å². The average molecular weight is 221 g/mol. The van der Waals surface area contributed by atoms with Gasteiger partial charge < -0.3 is 10.2 Å². The summed E-state index contributed by atoms with van der Waals surface area (Å²) in [6.07, 6.45) is 1.63. The average Bonchev–Trinajstić information content (AvgIpc) is 2.33. The lowest BCUT2D eigenvalue weighted by Gasteiger charge is -2.08. The van der Waals surface area contributed by atoms with Gasteiger partial charge in [0.2, 0.25) is 0 Å². The SMILES string of the molecule is Fc1ccccc1CON=C1CN=CNC1. The lowest BCUT2D eigenvalue weighted by Crippen LogP contribution is -2.28. The number of nitrogens with zero attached hydrogens (tertiary/aromatic N) is 2. The number of aliphatic imine (C=N–C) groups is 1. The Morgan fingerprint density at radius 2 is 2.31 bits per heavy atom. The zero-order valence-electron chi connectivity index (χ0n) is 8.69. The van der Waals surface area contributed by atoms with Crippen LogP contribution in [0.2, 0.25) is 0 Å². The van der Waals surface area contributed by atoms with Crippen molar-refractivity contribution in [1.29, 1.82) is 0 Å². The molecule has 0 unspecified atom stereocenters. The molecule has 1 aliphatic rings. The van der Waals surface area contributed by atoms with Crippen LogP contribution in [-0.4, -0.2) is 25.1 Å². The van der Waals surface area contributed by atoms with Crippen molar-refractivity contribution in [3.05, 3.63) is 35.6 Å². The number of hydrogen-bond donors (Lipinski definition) is 1. The van der Waals surface area contributed by atoms with Crippen LogP contribution in [0.25, 0.3) is 0 Å². The van der Waals surface area contributed by atoms with E-state index in [1.165, 1.54) is 6.07 Å². The third-order valence-electron chi connectivity index (χ3n) is 2.13. The van der Waals surface area contributed by atoms with Crippen LogP contribution in [0.1, 0.15) is 5.56 Å². The van der Waals surface area contributed by atoms with Crippen LogP contribution in [0.4, 0.5) is 4.39 Å². The number of hydrogen-bond acceptors (Lipinski definition) is 4. The molecule has 5 heteroatoms. The van der Waals surface area contributed by atoms with Crippen LogP contribution >= 0.6 is 0 Å². The van der Waals surface area contributed by atoms with Crippen LogP contribution in [-0.2, 0) is 11.4 Å². The predicted octanol–water partition coefficient (Wildman–Crippen LogP) is 1.33. The molecule has 2 rings (SSSR count). The topological polar surface area (TPSA) is 46.0 Å². The minimum absolute atomic E-state index is 0.139. The van der Waals surface area contributed by atoms with Crippen molar-refractivity contribution < 1.29 is 9.23 Å². The molecule has 4 nitrogen and oxygen atoms in total. The Balaban J connectivity index is 1.88. The van der Waals surface area contributed by atoms with Crippen molar-refractivity contribution in [2.45, 2.75) is 6.61 Å². The molecule has 16 heavy (non-hydrogen) atoms. The highest BCUT2D eigenvalue weighted by molar-refractivity contribution is 5.92. The maximum absolute atomic E-state index is 13.2. The Morgan fingerprint density at radius 3 is 3.06 bits per heavy atom. The summed E-state index contributed by atoms with van der Waals surface area (Å²) in [5.41, 5.74) is 1.30. The third kappa shape index (κ3) is 2.79. The van der Waals surface area contributed by atoms with Crippen LogP contribution in [0.15, 0.2) is 34.4 Å². The van der Waals surface area contributed by atoms with E-state index in [0.717, 1.165) is 5.71 Å². The lowest BCUT2D eigenvalue weighted by molar-refractivity contribution is 0.127. The Bertz CT molecular complexity index is 417. The van der Waals surface area contributed by atoms with Gasteiger partial charge in [0.15, 0.2) is 0 Å². The molecular formula is C11H12FN3O. The van der Waals surface area contributed by atoms with Gasteiger partial charge in [-0.3, -0.25) is 4.99 Å². The summed E-state index contributed by atoms with van der Waals surface area (Å²) in [4.78, 5) is 9.05. The van der Waals surface area contributed by atoms with Crippen molar-refractivity contribution in [3.8, 4) is 0 Å². The molecule has 0 saturated heterocycles. The van der Waals surface area contributed by atoms with E-state index in [0.29, 0.717) is 18.7 Å². The van der Waals surface area contributed by atoms with E-state index >= 15 is 0 Å². The minimum atomic E-state index is -0.275. The van der Waals surface area contributed by atoms with Crippen molar-refractivity contribution in [3.63, 3.8) is 0 Å². The van der Waals surface area contributed by atoms with Gasteiger partial charge >= 0.3 is 0 Å². The Labute approximate surface area is 92.8 Å². The van der Waals surface area contributed by atoms with E-state index in [2.05, 4.69) is 15.5 Å². The second kappa shape index (κ2) is 5.25. The molecule has 0 aliphatic carbocycles. The van der Waals surface area contributed by atoms with E-state index in [1.54, 1.807) is 24.5 Å². The molecular weight excluding hydrogens is 209 g/mol. The summed E-state index contributed by atoms with van der Waals surface area (Å²) in [5, 5.41) is 6.81. The smallest absolute Gasteiger partial charge is 0.145 e. The molecule has 1 aromatic carbocycles. The van der Waals surface area contributed by atoms with Gasteiger partial charge in [0.25, 0.3) is 0 Å². The van der Waals surface area contributed by atoms with Gasteiger partial charge in [-0.15, -0.1) is 0 Å². The van der Waals surface area contributed by atoms with Gasteiger partial charge in [0.05, 0.1) is 25.1 Å². The molecule has 0 atom stereocenters. The monoisotopic (exact) mass is 221 g/mol. The van der Waals surface area contributed by atoms with Crippen LogP contribution < -0.4 is 5.32 Å². The standard InChI is InChI=1S/C11H12FN3O/c12-11-4-2-1-3-9(11)7-16-15-10-5-13-8-14-6-10/h1-4,8H,5-7H2,(H,13,14). The van der Waals surface area contributed by atoms with Crippen LogP contribution in [0, 0.1) is 5.82 Å². The number of nitrogens with one attached hydrogen (secondary N) is 1. The largest absolute Gasteiger partial charge is 0.391 e. The molecule has 0 aromatic heterocycles. The zero-order chi connectivity index (χ0) is 11.2. The first-order chi connectivity index (χ1) is 7.86. The summed E-state index contributed by atoms with van der Waals surface area (Å²) in [5.74, 6) is -0.275. The first-order valence-corrected chi connectivity index (χ1v) is 4.99. The maximum atomic E-state index is 13.2. The summed E-state index contributed by atoms with van der Waals surface area (Å²) in [6, 6.07) is 6.48. The summed E-state index contributed by atoms with van der Waals surface area (Å²) in [7, 11) is 0. The first kappa shape index (κ1) is 10.6. The normalized spacial score (nSPS) is 17.2. The predicted molar refractivity (Wildman–Crippen MR) is 60.0 cm³/mol. The zero-order valence-corrected chi connectivity index (χ0v) is 8.69. The molecule has 0 radical (unpaired) electrons. The van der Waals surface area contributed by atoms with Gasteiger partial charge in [-0.1, -0.05) is 23.4 Å². The van der Waals surface area contributed by atoms with Gasteiger partial charge in [-0.05, 0) is 6.07 Å². The Hall–Kier alpha value is -1.91. The molecule has 0 fully saturated rings. The van der Waals surface area contributed by atoms with Gasteiger partial charge in [0, 0.05) is 5.56 Å². The Kier molecular flexibility index (Phi) is 3.48. The Morgan fingerprint density at radius 1 is 1.44 bits per heavy atom. The van der Waals surface area contributed by atoms with Crippen molar-refractivity contribution in [2.24, 2.45) is 10.1 Å². The molecule has 0 spiro atoms. The van der Waals surface area contributed by atoms with Gasteiger partial charge in [0.1, 0.15) is 12.4 Å². The number of halogens is 1. The third-order valence-corrected chi connectivity index (χ3v) is 2.13. The second-order valence-corrected chi connectivity index (χ2v) is 3.37. The molecule has 1 heterocycles. The number of rotatable bonds is 3. The highest BCUT2D eigenvalue weighted by Crippen LogP contribution is 2.07. The summed E-state index contributed by atoms with van der Waals surface area (Å²) >= 11 is 0. The molecule has 0 amide bonds. The van der Waals surface area contributed by atoms with E-state index in [1.807, 2.05) is 0 Å². The van der Waals surface area contributed by atoms with Crippen LogP contribution in [0.3, 0.4) is 0 Å². The fraction of sp³-hybridized carbons (Fsp3) is 0.273. The fourth-order valence-corrected chi connectivity index (χ4v) is 1.30. The van der Waals surface area contributed by atoms with Crippen LogP contribution in [0.5, 0.6) is 0 Å². The molecule has 1 aliphatic heterocycles. The van der Waals surface area contributed by atoms with Crippen molar-refractivity contribution in [2.75, 3.05) is 13.1 Å². The quantitative estimate of drug-likeness (QED) is 0.783. The highest BCUT2D eigenvalue weighted by atomic mass is 19.1. The molecule has 1 aromatic rings. The highest BCUT2D eigenvalue weighted by Gasteiger charge is 2.03. The lowest BCUT2D eigenvalue weighted by atomic mass is 10.2. The number of benzene rings is 1. The number of oxime groups is 1. The molecule has 0 bridgehead atoms.